The van der Waals surface area contributed by atoms with Crippen molar-refractivity contribution < 1.29 is 13.4 Å². The molecule has 2 aliphatic rings. The molecule has 200 valence electrons. The Kier molecular flexibility index (Phi) is 7.88. The number of aromatic amines is 1. The molecular weight excluding hydrogens is 496 g/mol. The van der Waals surface area contributed by atoms with Crippen molar-refractivity contribution in [2.24, 2.45) is 10.7 Å². The Morgan fingerprint density at radius 1 is 1.11 bits per heavy atom. The van der Waals surface area contributed by atoms with Gasteiger partial charge >= 0.3 is 0 Å². The van der Waals surface area contributed by atoms with Crippen molar-refractivity contribution in [2.45, 2.75) is 39.3 Å². The number of aliphatic imine (C=N–C) groups is 1. The number of nitrogens with two attached hydrogens (primary N) is 1. The topological polar surface area (TPSA) is 115 Å². The molecule has 0 unspecified atom stereocenters. The molecule has 4 N–H and O–H groups in total. The van der Waals surface area contributed by atoms with Gasteiger partial charge in [0.1, 0.15) is 11.2 Å². The van der Waals surface area contributed by atoms with Gasteiger partial charge in [0.05, 0.1) is 17.5 Å². The Balaban J connectivity index is 1.42. The molecule has 9 heteroatoms. The molecule has 3 heterocycles. The maximum atomic E-state index is 11.7. The highest BCUT2D eigenvalue weighted by Gasteiger charge is 2.22. The third-order valence-electron chi connectivity index (χ3n) is 7.44. The number of fused-ring (bicyclic) bond motifs is 1. The van der Waals surface area contributed by atoms with E-state index in [-0.39, 0.29) is 11.5 Å². The number of H-pyrrole nitrogens is 1. The Bertz CT molecular complexity index is 1460. The molecular formula is C29H37N6O2S+. The number of rotatable bonds is 6. The zero-order valence-electron chi connectivity index (χ0n) is 22.2. The van der Waals surface area contributed by atoms with Gasteiger partial charge in [0.15, 0.2) is 16.0 Å². The van der Waals surface area contributed by atoms with Crippen LogP contribution >= 0.6 is 0 Å². The van der Waals surface area contributed by atoms with E-state index in [1.54, 1.807) is 0 Å². The molecule has 0 amide bonds. The summed E-state index contributed by atoms with van der Waals surface area (Å²) in [5.74, 6) is 0.485. The van der Waals surface area contributed by atoms with Crippen LogP contribution in [0.5, 0.6) is 0 Å². The molecule has 8 nitrogen and oxygen atoms in total. The van der Waals surface area contributed by atoms with E-state index in [4.69, 9.17) is 15.7 Å². The van der Waals surface area contributed by atoms with Crippen LogP contribution in [-0.2, 0) is 16.4 Å². The molecule has 0 radical (unpaired) electrons. The number of aromatic nitrogens is 2. The van der Waals surface area contributed by atoms with Gasteiger partial charge in [-0.05, 0) is 50.9 Å². The van der Waals surface area contributed by atoms with E-state index in [0.717, 1.165) is 71.6 Å². The fraction of sp³-hybridized carbons (Fsp3) is 0.414. The van der Waals surface area contributed by atoms with E-state index < -0.39 is 9.84 Å². The van der Waals surface area contributed by atoms with Crippen LogP contribution in [0.25, 0.3) is 27.7 Å². The van der Waals surface area contributed by atoms with Crippen LogP contribution in [0.15, 0.2) is 59.4 Å². The Hall–Kier alpha value is -3.14. The third-order valence-corrected chi connectivity index (χ3v) is 9.05. The number of hydrogen-bond donors (Lipinski definition) is 2. The molecule has 2 fully saturated rings. The van der Waals surface area contributed by atoms with E-state index in [0.29, 0.717) is 24.8 Å². The van der Waals surface area contributed by atoms with Crippen LogP contribution in [0.2, 0.25) is 0 Å². The lowest BCUT2D eigenvalue weighted by Gasteiger charge is -2.26. The predicted octanol–water partition coefficient (Wildman–Crippen LogP) is 2.85. The zero-order valence-corrected chi connectivity index (χ0v) is 23.0. The number of hydrogen-bond acceptors (Lipinski definition) is 7. The van der Waals surface area contributed by atoms with E-state index in [9.17, 15) is 8.42 Å². The summed E-state index contributed by atoms with van der Waals surface area (Å²) in [5, 5.41) is 3.39. The van der Waals surface area contributed by atoms with Crippen LogP contribution in [0.3, 0.4) is 0 Å². The minimum Gasteiger partial charge on any atom is -0.402 e. The van der Waals surface area contributed by atoms with Crippen molar-refractivity contribution >= 4 is 32.2 Å². The summed E-state index contributed by atoms with van der Waals surface area (Å²) in [6.45, 7) is 7.85. The molecule has 0 spiro atoms. The Labute approximate surface area is 225 Å². The number of nitrogens with zero attached hydrogens (tertiary/aromatic N) is 3. The molecule has 0 saturated carbocycles. The second kappa shape index (κ2) is 11.3. The van der Waals surface area contributed by atoms with Gasteiger partial charge < -0.3 is 11.1 Å². The summed E-state index contributed by atoms with van der Waals surface area (Å²) in [6.07, 6.45) is 3.98. The number of allylic oxidation sites excluding steroid dienone is 2. The first-order valence-corrected chi connectivity index (χ1v) is 15.2. The number of sulfone groups is 1. The van der Waals surface area contributed by atoms with Crippen LogP contribution in [-0.4, -0.2) is 67.7 Å². The summed E-state index contributed by atoms with van der Waals surface area (Å²) < 4.78 is 23.5. The second-order valence-corrected chi connectivity index (χ2v) is 12.7. The normalized spacial score (nSPS) is 19.9. The quantitative estimate of drug-likeness (QED) is 0.471. The van der Waals surface area contributed by atoms with Gasteiger partial charge in [0.25, 0.3) is 0 Å². The number of benzene rings is 2. The monoisotopic (exact) mass is 533 g/mol. The fourth-order valence-electron chi connectivity index (χ4n) is 5.34. The van der Waals surface area contributed by atoms with Gasteiger partial charge in [-0.25, -0.2) is 18.4 Å². The lowest BCUT2D eigenvalue weighted by Crippen LogP contribution is -2.39. The van der Waals surface area contributed by atoms with E-state index >= 15 is 0 Å². The average molecular weight is 534 g/mol. The first kappa shape index (κ1) is 26.5. The summed E-state index contributed by atoms with van der Waals surface area (Å²) in [5.41, 5.74) is 14.8. The minimum absolute atomic E-state index is 0.242. The minimum atomic E-state index is -2.87. The van der Waals surface area contributed by atoms with Crippen molar-refractivity contribution in [2.75, 3.05) is 37.7 Å². The van der Waals surface area contributed by atoms with Crippen molar-refractivity contribution in [3.05, 3.63) is 65.6 Å². The number of para-hydroxylation sites is 1. The SMILES string of the molecule is CC(=NC1CCNCC1)C(=C(C)N)c1c[nH+]c2cccc(-c3ccc(CN4CCS(=O)(=O)CC4)cc3)c2n1. The van der Waals surface area contributed by atoms with Gasteiger partial charge in [-0.2, -0.15) is 0 Å². The molecule has 5 rings (SSSR count). The molecule has 0 aliphatic carbocycles. The number of piperidine rings is 1. The molecule has 2 aromatic carbocycles. The fourth-order valence-corrected chi connectivity index (χ4v) is 6.62. The third kappa shape index (κ3) is 6.11. The zero-order chi connectivity index (χ0) is 26.7. The summed E-state index contributed by atoms with van der Waals surface area (Å²) in [7, 11) is -2.87. The molecule has 0 bridgehead atoms. The molecule has 2 saturated heterocycles. The first-order valence-electron chi connectivity index (χ1n) is 13.3. The molecule has 2 aliphatic heterocycles. The average Bonchev–Trinajstić information content (AvgIpc) is 2.90. The highest BCUT2D eigenvalue weighted by atomic mass is 32.2. The van der Waals surface area contributed by atoms with Crippen molar-refractivity contribution in [3.63, 3.8) is 0 Å². The van der Waals surface area contributed by atoms with Gasteiger partial charge in [0.2, 0.25) is 5.52 Å². The van der Waals surface area contributed by atoms with Crippen molar-refractivity contribution in [3.8, 4) is 11.1 Å². The van der Waals surface area contributed by atoms with Gasteiger partial charge in [-0.15, -0.1) is 0 Å². The molecule has 1 aromatic heterocycles. The predicted molar refractivity (Wildman–Crippen MR) is 153 cm³/mol. The molecule has 38 heavy (non-hydrogen) atoms. The first-order chi connectivity index (χ1) is 18.3. The Morgan fingerprint density at radius 3 is 2.50 bits per heavy atom. The van der Waals surface area contributed by atoms with Gasteiger partial charge in [0, 0.05) is 48.2 Å². The lowest BCUT2D eigenvalue weighted by molar-refractivity contribution is -0.345. The lowest BCUT2D eigenvalue weighted by atomic mass is 10.0. The maximum absolute atomic E-state index is 11.7. The standard InChI is InChI=1S/C29H36N6O2S/c1-20(30)28(21(2)33-24-10-12-31-13-11-24)27-18-32-26-5-3-4-25(29(26)34-27)23-8-6-22(7-9-23)19-35-14-16-38(36,37)17-15-35/h3-9,18,24,31H,10-17,19,30H2,1-2H3/p+1. The maximum Gasteiger partial charge on any atom is 0.230 e. The van der Waals surface area contributed by atoms with Crippen molar-refractivity contribution in [1.29, 1.82) is 0 Å². The van der Waals surface area contributed by atoms with Gasteiger partial charge in [-0.3, -0.25) is 9.89 Å². The second-order valence-electron chi connectivity index (χ2n) is 10.4. The highest BCUT2D eigenvalue weighted by molar-refractivity contribution is 7.91. The molecule has 0 atom stereocenters. The van der Waals surface area contributed by atoms with Crippen LogP contribution in [0.1, 0.15) is 37.9 Å². The van der Waals surface area contributed by atoms with E-state index in [1.807, 2.05) is 32.2 Å². The summed E-state index contributed by atoms with van der Waals surface area (Å²) >= 11 is 0. The highest BCUT2D eigenvalue weighted by Crippen LogP contribution is 2.28. The smallest absolute Gasteiger partial charge is 0.230 e. The number of nitrogens with one attached hydrogen (secondary N) is 2. The van der Waals surface area contributed by atoms with Gasteiger partial charge in [-0.1, -0.05) is 36.4 Å². The van der Waals surface area contributed by atoms with Crippen LogP contribution < -0.4 is 16.0 Å². The largest absolute Gasteiger partial charge is 0.402 e. The van der Waals surface area contributed by atoms with E-state index in [2.05, 4.69) is 45.5 Å². The summed E-state index contributed by atoms with van der Waals surface area (Å²) in [6, 6.07) is 14.9. The van der Waals surface area contributed by atoms with Crippen molar-refractivity contribution in [1.82, 2.24) is 15.2 Å². The summed E-state index contributed by atoms with van der Waals surface area (Å²) in [4.78, 5) is 15.7. The van der Waals surface area contributed by atoms with Crippen LogP contribution in [0, 0.1) is 0 Å². The molecule has 3 aromatic rings. The van der Waals surface area contributed by atoms with Crippen LogP contribution in [0.4, 0.5) is 0 Å². The Morgan fingerprint density at radius 2 is 1.82 bits per heavy atom. The van der Waals surface area contributed by atoms with E-state index in [1.165, 1.54) is 5.56 Å².